The lowest BCUT2D eigenvalue weighted by molar-refractivity contribution is 1.08. The molecule has 270 valence electrons. The number of hydrogen-bond acceptors (Lipinski definition) is 3. The summed E-state index contributed by atoms with van der Waals surface area (Å²) in [6.07, 6.45) is 0. The molecule has 0 aliphatic carbocycles. The van der Waals surface area contributed by atoms with Crippen molar-refractivity contribution >= 4 is 60.0 Å². The molecule has 0 fully saturated rings. The normalized spacial score (nSPS) is 11.8. The topological polar surface area (TPSA) is 48.0 Å². The highest BCUT2D eigenvalue weighted by atomic mass is 15.1. The SMILES string of the molecule is c1ccc(-c2ccc3c4ccc5c6ccccc6n6c(-c7ccccc7)nc(-c7ccccc7)c6c5c4n(-c4nc5ccccc5nc4-c4ccccc4)c3c2)cc1. The summed E-state index contributed by atoms with van der Waals surface area (Å²) in [6.45, 7) is 0. The number of benzene rings is 8. The fourth-order valence-electron chi connectivity index (χ4n) is 8.90. The van der Waals surface area contributed by atoms with Gasteiger partial charge in [0.1, 0.15) is 11.5 Å². The van der Waals surface area contributed by atoms with Gasteiger partial charge in [-0.05, 0) is 40.8 Å². The summed E-state index contributed by atoms with van der Waals surface area (Å²) in [4.78, 5) is 16.5. The molecule has 0 atom stereocenters. The van der Waals surface area contributed by atoms with Crippen LogP contribution < -0.4 is 0 Å². The average Bonchev–Trinajstić information content (AvgIpc) is 3.87. The van der Waals surface area contributed by atoms with Gasteiger partial charge in [-0.25, -0.2) is 15.0 Å². The molecule has 5 heteroatoms. The van der Waals surface area contributed by atoms with E-state index < -0.39 is 0 Å². The Kier molecular flexibility index (Phi) is 7.16. The van der Waals surface area contributed by atoms with Crippen LogP contribution in [-0.4, -0.2) is 23.9 Å². The summed E-state index contributed by atoms with van der Waals surface area (Å²) in [6, 6.07) is 70.6. The summed E-state index contributed by atoms with van der Waals surface area (Å²) in [5.41, 5.74) is 13.1. The quantitative estimate of drug-likeness (QED) is 0.165. The molecule has 0 bridgehead atoms. The van der Waals surface area contributed by atoms with Gasteiger partial charge in [0.2, 0.25) is 0 Å². The van der Waals surface area contributed by atoms with E-state index in [1.807, 2.05) is 18.2 Å². The van der Waals surface area contributed by atoms with Crippen molar-refractivity contribution in [2.45, 2.75) is 0 Å². The van der Waals surface area contributed by atoms with E-state index in [4.69, 9.17) is 15.0 Å². The maximum Gasteiger partial charge on any atom is 0.165 e. The van der Waals surface area contributed by atoms with Crippen LogP contribution in [0.2, 0.25) is 0 Å². The number of pyridine rings is 1. The number of para-hydroxylation sites is 3. The van der Waals surface area contributed by atoms with Crippen LogP contribution in [0.15, 0.2) is 200 Å². The van der Waals surface area contributed by atoms with E-state index in [0.29, 0.717) is 0 Å². The van der Waals surface area contributed by atoms with E-state index in [-0.39, 0.29) is 0 Å². The van der Waals surface area contributed by atoms with Crippen LogP contribution in [-0.2, 0) is 0 Å². The summed E-state index contributed by atoms with van der Waals surface area (Å²) in [5.74, 6) is 1.67. The second kappa shape index (κ2) is 12.8. The molecule has 0 aliphatic heterocycles. The maximum atomic E-state index is 5.58. The number of rotatable bonds is 5. The van der Waals surface area contributed by atoms with Gasteiger partial charge in [0.05, 0.1) is 38.8 Å². The Morgan fingerprint density at radius 2 is 0.862 bits per heavy atom. The Labute approximate surface area is 333 Å². The first-order valence-corrected chi connectivity index (χ1v) is 19.6. The van der Waals surface area contributed by atoms with Crippen LogP contribution in [0.3, 0.4) is 0 Å². The Balaban J connectivity index is 1.36. The molecule has 0 saturated heterocycles. The number of fused-ring (bicyclic) bond motifs is 11. The van der Waals surface area contributed by atoms with Gasteiger partial charge < -0.3 is 0 Å². The maximum absolute atomic E-state index is 5.58. The second-order valence-electron chi connectivity index (χ2n) is 14.8. The number of nitrogens with zero attached hydrogens (tertiary/aromatic N) is 5. The van der Waals surface area contributed by atoms with Crippen molar-refractivity contribution < 1.29 is 0 Å². The van der Waals surface area contributed by atoms with E-state index in [0.717, 1.165) is 111 Å². The first-order chi connectivity index (χ1) is 28.8. The minimum absolute atomic E-state index is 0.776. The summed E-state index contributed by atoms with van der Waals surface area (Å²) in [7, 11) is 0. The van der Waals surface area contributed by atoms with Crippen molar-refractivity contribution in [1.29, 1.82) is 0 Å². The fourth-order valence-corrected chi connectivity index (χ4v) is 8.90. The highest BCUT2D eigenvalue weighted by Gasteiger charge is 2.26. The van der Waals surface area contributed by atoms with Crippen LogP contribution in [0.25, 0.3) is 111 Å². The van der Waals surface area contributed by atoms with E-state index >= 15 is 0 Å². The van der Waals surface area contributed by atoms with Crippen LogP contribution in [0.4, 0.5) is 0 Å². The van der Waals surface area contributed by atoms with Gasteiger partial charge in [0.25, 0.3) is 0 Å². The molecule has 12 rings (SSSR count). The van der Waals surface area contributed by atoms with Gasteiger partial charge in [0, 0.05) is 38.2 Å². The average molecular weight is 740 g/mol. The molecule has 4 heterocycles. The molecular weight excluding hydrogens is 707 g/mol. The predicted octanol–water partition coefficient (Wildman–Crippen LogP) is 13.3. The monoisotopic (exact) mass is 739 g/mol. The molecule has 0 spiro atoms. The molecule has 5 nitrogen and oxygen atoms in total. The Morgan fingerprint density at radius 3 is 1.57 bits per heavy atom. The molecule has 0 amide bonds. The fraction of sp³-hybridized carbons (Fsp3) is 0. The van der Waals surface area contributed by atoms with Crippen LogP contribution >= 0.6 is 0 Å². The zero-order valence-corrected chi connectivity index (χ0v) is 31.3. The predicted molar refractivity (Wildman–Crippen MR) is 239 cm³/mol. The Morgan fingerprint density at radius 1 is 0.328 bits per heavy atom. The molecular formula is C53H33N5. The third-order valence-electron chi connectivity index (χ3n) is 11.5. The van der Waals surface area contributed by atoms with E-state index in [9.17, 15) is 0 Å². The van der Waals surface area contributed by atoms with Crippen molar-refractivity contribution in [3.63, 3.8) is 0 Å². The van der Waals surface area contributed by atoms with E-state index in [2.05, 4.69) is 191 Å². The summed E-state index contributed by atoms with van der Waals surface area (Å²) >= 11 is 0. The van der Waals surface area contributed by atoms with Crippen LogP contribution in [0, 0.1) is 0 Å². The van der Waals surface area contributed by atoms with Crippen LogP contribution in [0.5, 0.6) is 0 Å². The molecule has 0 radical (unpaired) electrons. The number of aromatic nitrogens is 5. The highest BCUT2D eigenvalue weighted by Crippen LogP contribution is 2.46. The Bertz CT molecular complexity index is 3540. The third kappa shape index (κ3) is 4.87. The van der Waals surface area contributed by atoms with Crippen molar-refractivity contribution in [2.75, 3.05) is 0 Å². The zero-order valence-electron chi connectivity index (χ0n) is 31.3. The molecule has 4 aromatic heterocycles. The van der Waals surface area contributed by atoms with Gasteiger partial charge in [-0.2, -0.15) is 0 Å². The van der Waals surface area contributed by atoms with Gasteiger partial charge in [-0.1, -0.05) is 176 Å². The molecule has 8 aromatic carbocycles. The molecule has 0 saturated carbocycles. The lowest BCUT2D eigenvalue weighted by Gasteiger charge is -2.17. The largest absolute Gasteiger partial charge is 0.291 e. The molecule has 0 N–H and O–H groups in total. The van der Waals surface area contributed by atoms with E-state index in [1.165, 1.54) is 0 Å². The van der Waals surface area contributed by atoms with Crippen molar-refractivity contribution in [2.24, 2.45) is 0 Å². The van der Waals surface area contributed by atoms with Crippen molar-refractivity contribution in [3.8, 4) is 50.8 Å². The molecule has 0 aliphatic rings. The first kappa shape index (κ1) is 32.4. The highest BCUT2D eigenvalue weighted by molar-refractivity contribution is 6.29. The minimum Gasteiger partial charge on any atom is -0.291 e. The van der Waals surface area contributed by atoms with Crippen molar-refractivity contribution in [3.05, 3.63) is 200 Å². The van der Waals surface area contributed by atoms with Gasteiger partial charge >= 0.3 is 0 Å². The van der Waals surface area contributed by atoms with E-state index in [1.54, 1.807) is 0 Å². The minimum atomic E-state index is 0.776. The summed E-state index contributed by atoms with van der Waals surface area (Å²) in [5, 5.41) is 5.68. The standard InChI is InChI=1S/C53H33N5/c1-5-17-34(18-6-1)38-29-30-40-42-32-31-41-39-25-13-16-28-45(39)57-51(48(35-19-7-2-8-20-35)56-52(57)37-23-11-4-12-24-37)47(41)50(42)58(46(40)33-38)53-49(36-21-9-3-10-22-36)54-43-26-14-15-27-44(43)55-53/h1-33H. The molecule has 58 heavy (non-hydrogen) atoms. The zero-order chi connectivity index (χ0) is 38.2. The second-order valence-corrected chi connectivity index (χ2v) is 14.8. The van der Waals surface area contributed by atoms with Gasteiger partial charge in [-0.15, -0.1) is 0 Å². The Hall–Kier alpha value is -7.89. The first-order valence-electron chi connectivity index (χ1n) is 19.6. The molecule has 12 aromatic rings. The number of hydrogen-bond donors (Lipinski definition) is 0. The van der Waals surface area contributed by atoms with Gasteiger partial charge in [-0.3, -0.25) is 8.97 Å². The molecule has 0 unspecified atom stereocenters. The third-order valence-corrected chi connectivity index (χ3v) is 11.5. The smallest absolute Gasteiger partial charge is 0.165 e. The van der Waals surface area contributed by atoms with Crippen molar-refractivity contribution in [1.82, 2.24) is 23.9 Å². The summed E-state index contributed by atoms with van der Waals surface area (Å²) < 4.78 is 4.77. The number of imidazole rings is 1. The van der Waals surface area contributed by atoms with Gasteiger partial charge in [0.15, 0.2) is 5.82 Å². The lowest BCUT2D eigenvalue weighted by atomic mass is 9.98. The van der Waals surface area contributed by atoms with Crippen LogP contribution in [0.1, 0.15) is 0 Å². The lowest BCUT2D eigenvalue weighted by Crippen LogP contribution is -2.04.